The minimum atomic E-state index is -0.719. The van der Waals surface area contributed by atoms with Gasteiger partial charge in [-0.2, -0.15) is 0 Å². The minimum absolute atomic E-state index is 0.0716. The van der Waals surface area contributed by atoms with Crippen LogP contribution in [0.5, 0.6) is 0 Å². The molecule has 3 nitrogen and oxygen atoms in total. The molecule has 0 radical (unpaired) electrons. The van der Waals surface area contributed by atoms with Gasteiger partial charge in [-0.05, 0) is 27.7 Å². The van der Waals surface area contributed by atoms with Gasteiger partial charge in [0.15, 0.2) is 0 Å². The largest absolute Gasteiger partial charge is 0.363 e. The molecule has 0 rings (SSSR count). The zero-order valence-electron chi connectivity index (χ0n) is 7.89. The van der Waals surface area contributed by atoms with E-state index in [9.17, 15) is 4.79 Å². The summed E-state index contributed by atoms with van der Waals surface area (Å²) in [6.07, 6.45) is 0.0716. The molecule has 0 aromatic rings. The molecule has 0 aromatic carbocycles. The normalized spacial score (nSPS) is 11.8. The Morgan fingerprint density at radius 3 is 2.18 bits per heavy atom. The Kier molecular flexibility index (Phi) is 3.52. The van der Waals surface area contributed by atoms with Crippen LogP contribution in [0.25, 0.3) is 0 Å². The lowest BCUT2D eigenvalue weighted by Crippen LogP contribution is -2.44. The van der Waals surface area contributed by atoms with Gasteiger partial charge in [0.25, 0.3) is 5.91 Å². The smallest absolute Gasteiger partial charge is 0.251 e. The standard InChI is InChI=1S/C8H17NO2/c1-6(2)11-8(3,4)7(10)9-5/h6H,1-5H3,(H,9,10). The Morgan fingerprint density at radius 2 is 1.91 bits per heavy atom. The van der Waals surface area contributed by atoms with Gasteiger partial charge in [0.2, 0.25) is 0 Å². The van der Waals surface area contributed by atoms with Crippen molar-refractivity contribution in [3.05, 3.63) is 0 Å². The first-order valence-corrected chi connectivity index (χ1v) is 3.80. The number of ether oxygens (including phenoxy) is 1. The fourth-order valence-electron chi connectivity index (χ4n) is 0.944. The van der Waals surface area contributed by atoms with E-state index < -0.39 is 5.60 Å². The van der Waals surface area contributed by atoms with Gasteiger partial charge in [-0.15, -0.1) is 0 Å². The zero-order valence-corrected chi connectivity index (χ0v) is 7.89. The summed E-state index contributed by atoms with van der Waals surface area (Å²) < 4.78 is 5.38. The Balaban J connectivity index is 4.09. The van der Waals surface area contributed by atoms with E-state index in [1.165, 1.54) is 0 Å². The van der Waals surface area contributed by atoms with Crippen molar-refractivity contribution in [2.75, 3.05) is 7.05 Å². The SMILES string of the molecule is CNC(=O)C(C)(C)OC(C)C. The Bertz CT molecular complexity index is 141. The van der Waals surface area contributed by atoms with E-state index in [1.54, 1.807) is 20.9 Å². The van der Waals surface area contributed by atoms with Crippen LogP contribution in [0.3, 0.4) is 0 Å². The summed E-state index contributed by atoms with van der Waals surface area (Å²) >= 11 is 0. The molecule has 0 spiro atoms. The first kappa shape index (κ1) is 10.4. The van der Waals surface area contributed by atoms with Gasteiger partial charge in [-0.3, -0.25) is 4.79 Å². The summed E-state index contributed by atoms with van der Waals surface area (Å²) in [6.45, 7) is 7.33. The highest BCUT2D eigenvalue weighted by atomic mass is 16.5. The van der Waals surface area contributed by atoms with E-state index in [1.807, 2.05) is 13.8 Å². The average molecular weight is 159 g/mol. The molecule has 66 valence electrons. The summed E-state index contributed by atoms with van der Waals surface area (Å²) in [5, 5.41) is 2.55. The molecule has 0 heterocycles. The number of carbonyl (C=O) groups is 1. The van der Waals surface area contributed by atoms with Crippen molar-refractivity contribution in [2.24, 2.45) is 0 Å². The van der Waals surface area contributed by atoms with Crippen LogP contribution in [0, 0.1) is 0 Å². The van der Waals surface area contributed by atoms with Crippen LogP contribution in [-0.2, 0) is 9.53 Å². The summed E-state index contributed by atoms with van der Waals surface area (Å²) in [5.74, 6) is -0.0915. The van der Waals surface area contributed by atoms with Gasteiger partial charge < -0.3 is 10.1 Å². The van der Waals surface area contributed by atoms with Gasteiger partial charge in [0.1, 0.15) is 5.60 Å². The van der Waals surface area contributed by atoms with Crippen LogP contribution in [0.15, 0.2) is 0 Å². The summed E-state index contributed by atoms with van der Waals surface area (Å²) in [7, 11) is 1.60. The monoisotopic (exact) mass is 159 g/mol. The third kappa shape index (κ3) is 3.37. The molecule has 0 fully saturated rings. The van der Waals surface area contributed by atoms with Gasteiger partial charge >= 0.3 is 0 Å². The average Bonchev–Trinajstić information content (AvgIpc) is 1.83. The zero-order chi connectivity index (χ0) is 9.07. The topological polar surface area (TPSA) is 38.3 Å². The molecular formula is C8H17NO2. The van der Waals surface area contributed by atoms with Crippen LogP contribution in [-0.4, -0.2) is 24.7 Å². The van der Waals surface area contributed by atoms with Crippen molar-refractivity contribution in [3.8, 4) is 0 Å². The third-order valence-corrected chi connectivity index (χ3v) is 1.30. The highest BCUT2D eigenvalue weighted by Gasteiger charge is 2.28. The van der Waals surface area contributed by atoms with Crippen LogP contribution in [0.1, 0.15) is 27.7 Å². The number of nitrogens with one attached hydrogen (secondary N) is 1. The number of amides is 1. The van der Waals surface area contributed by atoms with Gasteiger partial charge in [0.05, 0.1) is 6.10 Å². The van der Waals surface area contributed by atoms with Crippen molar-refractivity contribution in [1.82, 2.24) is 5.32 Å². The highest BCUT2D eigenvalue weighted by molar-refractivity contribution is 5.83. The van der Waals surface area contributed by atoms with Gasteiger partial charge in [-0.25, -0.2) is 0 Å². The fraction of sp³-hybridized carbons (Fsp3) is 0.875. The van der Waals surface area contributed by atoms with Crippen molar-refractivity contribution >= 4 is 5.91 Å². The van der Waals surface area contributed by atoms with E-state index in [0.29, 0.717) is 0 Å². The molecule has 0 aliphatic heterocycles. The van der Waals surface area contributed by atoms with Crippen LogP contribution in [0.4, 0.5) is 0 Å². The van der Waals surface area contributed by atoms with E-state index in [4.69, 9.17) is 4.74 Å². The second-order valence-corrected chi connectivity index (χ2v) is 3.26. The Morgan fingerprint density at radius 1 is 1.45 bits per heavy atom. The molecule has 0 aliphatic carbocycles. The summed E-state index contributed by atoms with van der Waals surface area (Å²) in [5.41, 5.74) is -0.719. The van der Waals surface area contributed by atoms with E-state index in [2.05, 4.69) is 5.32 Å². The molecule has 0 saturated carbocycles. The van der Waals surface area contributed by atoms with Gasteiger partial charge in [0, 0.05) is 7.05 Å². The van der Waals surface area contributed by atoms with Crippen LogP contribution >= 0.6 is 0 Å². The molecule has 3 heteroatoms. The molecular weight excluding hydrogens is 142 g/mol. The first-order valence-electron chi connectivity index (χ1n) is 3.80. The number of hydrogen-bond donors (Lipinski definition) is 1. The number of carbonyl (C=O) groups excluding carboxylic acids is 1. The quantitative estimate of drug-likeness (QED) is 0.665. The third-order valence-electron chi connectivity index (χ3n) is 1.30. The highest BCUT2D eigenvalue weighted by Crippen LogP contribution is 2.11. The first-order chi connectivity index (χ1) is 4.90. The maximum absolute atomic E-state index is 11.1. The lowest BCUT2D eigenvalue weighted by molar-refractivity contribution is -0.147. The second kappa shape index (κ2) is 3.72. The predicted octanol–water partition coefficient (Wildman–Crippen LogP) is 0.936. The molecule has 1 N–H and O–H groups in total. The maximum atomic E-state index is 11.1. The summed E-state index contributed by atoms with van der Waals surface area (Å²) in [4.78, 5) is 11.1. The maximum Gasteiger partial charge on any atom is 0.251 e. The van der Waals surface area contributed by atoms with Crippen LogP contribution < -0.4 is 5.32 Å². The fourth-order valence-corrected chi connectivity index (χ4v) is 0.944. The van der Waals surface area contributed by atoms with Crippen molar-refractivity contribution in [3.63, 3.8) is 0 Å². The van der Waals surface area contributed by atoms with E-state index in [-0.39, 0.29) is 12.0 Å². The van der Waals surface area contributed by atoms with E-state index in [0.717, 1.165) is 0 Å². The summed E-state index contributed by atoms with van der Waals surface area (Å²) in [6, 6.07) is 0. The molecule has 1 amide bonds. The van der Waals surface area contributed by atoms with Crippen molar-refractivity contribution < 1.29 is 9.53 Å². The van der Waals surface area contributed by atoms with Crippen LogP contribution in [0.2, 0.25) is 0 Å². The van der Waals surface area contributed by atoms with Gasteiger partial charge in [-0.1, -0.05) is 0 Å². The molecule has 0 atom stereocenters. The van der Waals surface area contributed by atoms with Crippen molar-refractivity contribution in [1.29, 1.82) is 0 Å². The Hall–Kier alpha value is -0.570. The molecule has 0 bridgehead atoms. The predicted molar refractivity (Wildman–Crippen MR) is 44.4 cm³/mol. The minimum Gasteiger partial charge on any atom is -0.363 e. The second-order valence-electron chi connectivity index (χ2n) is 3.26. The molecule has 0 aromatic heterocycles. The lowest BCUT2D eigenvalue weighted by Gasteiger charge is -2.25. The Labute approximate surface area is 68.1 Å². The van der Waals surface area contributed by atoms with E-state index >= 15 is 0 Å². The number of likely N-dealkylation sites (N-methyl/N-ethyl adjacent to an activating group) is 1. The lowest BCUT2D eigenvalue weighted by atomic mass is 10.1. The molecule has 0 unspecified atom stereocenters. The number of rotatable bonds is 3. The molecule has 0 saturated heterocycles. The van der Waals surface area contributed by atoms with Crippen molar-refractivity contribution in [2.45, 2.75) is 39.4 Å². The molecule has 11 heavy (non-hydrogen) atoms. The molecule has 0 aliphatic rings. The number of hydrogen-bond acceptors (Lipinski definition) is 2.